The molecule has 0 aromatic carbocycles. The summed E-state index contributed by atoms with van der Waals surface area (Å²) in [4.78, 5) is 74.2. The molecule has 8 N–H and O–H groups in total. The van der Waals surface area contributed by atoms with Crippen LogP contribution in [0.15, 0.2) is 73.6 Å². The Labute approximate surface area is 319 Å². The minimum Gasteiger partial charge on any atom is -0.383 e. The van der Waals surface area contributed by atoms with E-state index in [0.717, 1.165) is 33.0 Å². The minimum atomic E-state index is -0.262. The first-order valence-corrected chi connectivity index (χ1v) is 18.2. The maximum Gasteiger partial charge on any atom is 0.229 e. The van der Waals surface area contributed by atoms with Crippen molar-refractivity contribution in [3.63, 3.8) is 0 Å². The van der Waals surface area contributed by atoms with Gasteiger partial charge in [0.05, 0.1) is 35.1 Å². The molecule has 4 amide bonds. The number of anilines is 4. The second-order valence-corrected chi connectivity index (χ2v) is 14.6. The first kappa shape index (κ1) is 34.7. The Balaban J connectivity index is 0.000000146. The van der Waals surface area contributed by atoms with Crippen molar-refractivity contribution in [3.05, 3.63) is 84.7 Å². The van der Waals surface area contributed by atoms with Crippen LogP contribution in [0.3, 0.4) is 0 Å². The molecule has 2 saturated carbocycles. The summed E-state index contributed by atoms with van der Waals surface area (Å²) in [6, 6.07) is 11.2. The highest BCUT2D eigenvalue weighted by Crippen LogP contribution is 2.50. The summed E-state index contributed by atoms with van der Waals surface area (Å²) in [7, 11) is 0. The van der Waals surface area contributed by atoms with Crippen LogP contribution in [0.1, 0.15) is 11.1 Å². The van der Waals surface area contributed by atoms with Crippen LogP contribution < -0.4 is 32.7 Å². The molecule has 16 nitrogen and oxygen atoms in total. The van der Waals surface area contributed by atoms with Crippen LogP contribution in [0.2, 0.25) is 0 Å². The summed E-state index contributed by atoms with van der Waals surface area (Å²) < 4.78 is 0. The lowest BCUT2D eigenvalue weighted by atomic mass is 10.1. The monoisotopic (exact) mass is 748 g/mol. The summed E-state index contributed by atoms with van der Waals surface area (Å²) in [6.07, 6.45) is 10.2. The average molecular weight is 749 g/mol. The van der Waals surface area contributed by atoms with Gasteiger partial charge in [-0.25, -0.2) is 19.9 Å². The number of fused-ring (bicyclic) bond motifs is 4. The molecule has 6 aromatic heterocycles. The summed E-state index contributed by atoms with van der Waals surface area (Å²) in [6.45, 7) is 5.12. The number of hydrogen-bond donors (Lipinski definition) is 6. The Morgan fingerprint density at radius 3 is 1.46 bits per heavy atom. The van der Waals surface area contributed by atoms with E-state index in [9.17, 15) is 19.2 Å². The van der Waals surface area contributed by atoms with Crippen molar-refractivity contribution in [3.8, 4) is 22.5 Å². The number of aryl methyl sites for hydroxylation is 2. The smallest absolute Gasteiger partial charge is 0.229 e. The number of hydrogen-bond acceptors (Lipinski definition) is 12. The number of nitrogens with zero attached hydrogens (tertiary/aromatic N) is 6. The highest BCUT2D eigenvalue weighted by atomic mass is 16.2. The second-order valence-electron chi connectivity index (χ2n) is 14.6. The number of nitrogens with two attached hydrogens (primary N) is 2. The van der Waals surface area contributed by atoms with Crippen LogP contribution in [-0.2, 0) is 19.2 Å². The third-order valence-electron chi connectivity index (χ3n) is 11.2. The fraction of sp³-hybridized carbons (Fsp3) is 0.250. The van der Waals surface area contributed by atoms with Gasteiger partial charge in [0, 0.05) is 84.0 Å². The van der Waals surface area contributed by atoms with E-state index in [1.807, 2.05) is 38.1 Å². The zero-order valence-electron chi connectivity index (χ0n) is 30.3. The molecule has 0 bridgehead atoms. The Hall–Kier alpha value is -7.10. The van der Waals surface area contributed by atoms with Crippen LogP contribution in [0, 0.1) is 49.4 Å². The van der Waals surface area contributed by atoms with Crippen molar-refractivity contribution >= 4 is 68.4 Å². The molecule has 6 aromatic rings. The first-order chi connectivity index (χ1) is 27.0. The van der Waals surface area contributed by atoms with Crippen LogP contribution in [0.4, 0.5) is 23.3 Å². The summed E-state index contributed by atoms with van der Waals surface area (Å²) in [5, 5.41) is 14.3. The Morgan fingerprint density at radius 2 is 1.09 bits per heavy atom. The van der Waals surface area contributed by atoms with Crippen molar-refractivity contribution in [2.75, 3.05) is 35.2 Å². The van der Waals surface area contributed by atoms with Gasteiger partial charge in [-0.2, -0.15) is 0 Å². The summed E-state index contributed by atoms with van der Waals surface area (Å²) >= 11 is 0. The van der Waals surface area contributed by atoms with E-state index >= 15 is 0 Å². The number of rotatable bonds is 6. The molecule has 0 radical (unpaired) electrons. The predicted molar refractivity (Wildman–Crippen MR) is 208 cm³/mol. The van der Waals surface area contributed by atoms with E-state index < -0.39 is 0 Å². The maximum atomic E-state index is 12.5. The van der Waals surface area contributed by atoms with E-state index in [1.165, 1.54) is 0 Å². The molecule has 10 rings (SSSR count). The van der Waals surface area contributed by atoms with Crippen molar-refractivity contribution < 1.29 is 19.2 Å². The first-order valence-electron chi connectivity index (χ1n) is 18.2. The SMILES string of the molecule is Cc1ccncc1-c1cc2cc(NC(=O)[C@H]3C4C(=O)NC[C@@H]43)ncc2c(N)n1.Cc1ccncc1-c1cc2cc(NC(=O)[C@H]3[C@@H]4CNC(=O)[C@@H]43)ncc2c(N)n1. The molecule has 16 heteroatoms. The number of carbonyl (C=O) groups is 4. The number of amides is 4. The molecule has 2 aliphatic heterocycles. The Morgan fingerprint density at radius 1 is 0.661 bits per heavy atom. The van der Waals surface area contributed by atoms with E-state index in [1.54, 1.807) is 49.3 Å². The van der Waals surface area contributed by atoms with Crippen LogP contribution in [0.25, 0.3) is 44.1 Å². The van der Waals surface area contributed by atoms with Gasteiger partial charge in [-0.15, -0.1) is 0 Å². The van der Waals surface area contributed by atoms with Gasteiger partial charge < -0.3 is 32.7 Å². The lowest BCUT2D eigenvalue weighted by Gasteiger charge is -2.10. The molecule has 6 atom stereocenters. The molecule has 8 heterocycles. The van der Waals surface area contributed by atoms with Crippen molar-refractivity contribution in [2.24, 2.45) is 35.5 Å². The van der Waals surface area contributed by atoms with Gasteiger partial charge in [0.25, 0.3) is 0 Å². The van der Waals surface area contributed by atoms with Gasteiger partial charge in [-0.1, -0.05) is 0 Å². The highest BCUT2D eigenvalue weighted by molar-refractivity contribution is 6.04. The molecule has 2 aliphatic carbocycles. The molecular weight excluding hydrogens is 713 g/mol. The topological polar surface area (TPSA) is 246 Å². The molecular formula is C40H36N12O4. The number of carbonyl (C=O) groups excluding carboxylic acids is 4. The van der Waals surface area contributed by atoms with Gasteiger partial charge in [0.2, 0.25) is 23.6 Å². The van der Waals surface area contributed by atoms with Gasteiger partial charge in [-0.05, 0) is 72.1 Å². The quantitative estimate of drug-likeness (QED) is 0.144. The summed E-state index contributed by atoms with van der Waals surface area (Å²) in [5.74, 6) is 0.503. The molecule has 280 valence electrons. The number of pyridine rings is 6. The largest absolute Gasteiger partial charge is 0.383 e. The molecule has 0 spiro atoms. The third kappa shape index (κ3) is 6.14. The molecule has 4 aliphatic rings. The zero-order chi connectivity index (χ0) is 38.8. The maximum absolute atomic E-state index is 12.5. The van der Waals surface area contributed by atoms with Crippen molar-refractivity contribution in [1.82, 2.24) is 40.5 Å². The molecule has 56 heavy (non-hydrogen) atoms. The normalized spacial score (nSPS) is 22.6. The van der Waals surface area contributed by atoms with E-state index in [-0.39, 0.29) is 59.1 Å². The molecule has 4 fully saturated rings. The van der Waals surface area contributed by atoms with Crippen LogP contribution >= 0.6 is 0 Å². The van der Waals surface area contributed by atoms with Crippen molar-refractivity contribution in [1.29, 1.82) is 0 Å². The predicted octanol–water partition coefficient (Wildman–Crippen LogP) is 3.03. The van der Waals surface area contributed by atoms with Gasteiger partial charge >= 0.3 is 0 Å². The molecule has 2 saturated heterocycles. The zero-order valence-corrected chi connectivity index (χ0v) is 30.3. The second kappa shape index (κ2) is 13.3. The third-order valence-corrected chi connectivity index (χ3v) is 11.2. The fourth-order valence-electron chi connectivity index (χ4n) is 8.00. The highest BCUT2D eigenvalue weighted by Gasteiger charge is 2.63. The van der Waals surface area contributed by atoms with Gasteiger partial charge in [0.1, 0.15) is 23.3 Å². The van der Waals surface area contributed by atoms with E-state index in [0.29, 0.717) is 58.5 Å². The van der Waals surface area contributed by atoms with E-state index in [4.69, 9.17) is 11.5 Å². The Kier molecular flexibility index (Phi) is 8.25. The number of nitrogen functional groups attached to an aromatic ring is 2. The minimum absolute atomic E-state index is 0.0352. The van der Waals surface area contributed by atoms with E-state index in [2.05, 4.69) is 51.2 Å². The number of piperidine rings is 2. The van der Waals surface area contributed by atoms with Crippen molar-refractivity contribution in [2.45, 2.75) is 13.8 Å². The molecule has 1 unspecified atom stereocenters. The van der Waals surface area contributed by atoms with Crippen LogP contribution in [-0.4, -0.2) is 66.6 Å². The number of nitrogens with one attached hydrogen (secondary N) is 4. The van der Waals surface area contributed by atoms with Crippen LogP contribution in [0.5, 0.6) is 0 Å². The standard InChI is InChI=1S/2C20H18N6O2/c2*1-9-2-3-22-6-11(9)14-4-10-5-15(23-7-12(10)18(21)25-14)26-20(28)17-13-8-24-19(27)16(13)17/h2*2-7,13,16-17H,8H2,1H3,(H2,21,25)(H,24,27)(H,23,26,28)/t13-,16?,17+;13-,16+,17+/m01/s1. The number of aromatic nitrogens is 6. The Bertz CT molecular complexity index is 2470. The lowest BCUT2D eigenvalue weighted by molar-refractivity contribution is -0.124. The van der Waals surface area contributed by atoms with Gasteiger partial charge in [0.15, 0.2) is 0 Å². The lowest BCUT2D eigenvalue weighted by Crippen LogP contribution is -2.27. The summed E-state index contributed by atoms with van der Waals surface area (Å²) in [5.41, 5.74) is 17.6. The van der Waals surface area contributed by atoms with Gasteiger partial charge in [-0.3, -0.25) is 29.1 Å². The fourth-order valence-corrected chi connectivity index (χ4v) is 8.00. The average Bonchev–Trinajstić information content (AvgIpc) is 4.02.